The second-order valence-corrected chi connectivity index (χ2v) is 4.07. The molecule has 0 saturated carbocycles. The van der Waals surface area contributed by atoms with E-state index in [-0.39, 0.29) is 12.5 Å². The molecule has 14 heavy (non-hydrogen) atoms. The summed E-state index contributed by atoms with van der Waals surface area (Å²) in [5, 5.41) is 9.16. The van der Waals surface area contributed by atoms with Crippen LogP contribution in [0.2, 0.25) is 0 Å². The van der Waals surface area contributed by atoms with E-state index in [2.05, 4.69) is 30.7 Å². The van der Waals surface area contributed by atoms with E-state index in [4.69, 9.17) is 5.11 Å². The lowest BCUT2D eigenvalue weighted by molar-refractivity contribution is 0.258. The number of aliphatic hydroxyl groups excluding tert-OH is 1. The van der Waals surface area contributed by atoms with E-state index in [0.717, 1.165) is 23.6 Å². The van der Waals surface area contributed by atoms with E-state index < -0.39 is 0 Å². The predicted octanol–water partition coefficient (Wildman–Crippen LogP) is 2.33. The van der Waals surface area contributed by atoms with Crippen LogP contribution >= 0.6 is 0 Å². The minimum Gasteiger partial charge on any atom is -0.396 e. The Morgan fingerprint density at radius 2 is 2.07 bits per heavy atom. The monoisotopic (exact) mass is 196 g/mol. The zero-order valence-corrected chi connectivity index (χ0v) is 9.46. The summed E-state index contributed by atoms with van der Waals surface area (Å²) in [7, 11) is 0. The zero-order chi connectivity index (χ0) is 10.7. The number of hydrogen-bond donors (Lipinski definition) is 2. The van der Waals surface area contributed by atoms with Gasteiger partial charge in [-0.05, 0) is 19.3 Å². The predicted molar refractivity (Wildman–Crippen MR) is 57.5 cm³/mol. The van der Waals surface area contributed by atoms with Gasteiger partial charge in [-0.2, -0.15) is 0 Å². The number of aromatic nitrogens is 2. The third-order valence-electron chi connectivity index (χ3n) is 2.59. The highest BCUT2D eigenvalue weighted by Crippen LogP contribution is 2.21. The van der Waals surface area contributed by atoms with E-state index in [0.29, 0.717) is 5.92 Å². The number of rotatable bonds is 4. The second-order valence-electron chi connectivity index (χ2n) is 4.07. The number of aromatic amines is 1. The van der Waals surface area contributed by atoms with E-state index in [9.17, 15) is 0 Å². The van der Waals surface area contributed by atoms with E-state index in [1.54, 1.807) is 0 Å². The number of nitrogens with zero attached hydrogens (tertiary/aromatic N) is 1. The molecule has 0 radical (unpaired) electrons. The number of aryl methyl sites for hydroxylation is 1. The highest BCUT2D eigenvalue weighted by Gasteiger charge is 2.15. The molecule has 1 unspecified atom stereocenters. The fraction of sp³-hybridized carbons (Fsp3) is 0.727. The van der Waals surface area contributed by atoms with Crippen molar-refractivity contribution in [1.29, 1.82) is 0 Å². The Balaban J connectivity index is 2.95. The lowest BCUT2D eigenvalue weighted by Gasteiger charge is -2.06. The van der Waals surface area contributed by atoms with Crippen molar-refractivity contribution in [2.24, 2.45) is 0 Å². The van der Waals surface area contributed by atoms with Crippen molar-refractivity contribution in [2.45, 2.75) is 46.0 Å². The van der Waals surface area contributed by atoms with Gasteiger partial charge in [0.15, 0.2) is 0 Å². The normalized spacial score (nSPS) is 13.6. The molecule has 1 atom stereocenters. The van der Waals surface area contributed by atoms with E-state index in [1.807, 2.05) is 6.92 Å². The van der Waals surface area contributed by atoms with Crippen LogP contribution in [0.5, 0.6) is 0 Å². The van der Waals surface area contributed by atoms with Crippen LogP contribution in [0.4, 0.5) is 0 Å². The van der Waals surface area contributed by atoms with Gasteiger partial charge in [-0.25, -0.2) is 4.98 Å². The van der Waals surface area contributed by atoms with Crippen LogP contribution in [0, 0.1) is 6.92 Å². The molecule has 0 aromatic carbocycles. The summed E-state index contributed by atoms with van der Waals surface area (Å²) in [5.41, 5.74) is 2.24. The van der Waals surface area contributed by atoms with Crippen LogP contribution in [0.25, 0.3) is 0 Å². The third kappa shape index (κ3) is 2.15. The number of aliphatic hydroxyl groups is 1. The molecule has 0 aliphatic heterocycles. The maximum atomic E-state index is 9.16. The van der Waals surface area contributed by atoms with E-state index in [1.165, 1.54) is 0 Å². The fourth-order valence-electron chi connectivity index (χ4n) is 1.66. The first-order valence-corrected chi connectivity index (χ1v) is 5.27. The van der Waals surface area contributed by atoms with Gasteiger partial charge in [-0.15, -0.1) is 0 Å². The average Bonchev–Trinajstić information content (AvgIpc) is 2.50. The molecular formula is C11H20N2O. The summed E-state index contributed by atoms with van der Waals surface area (Å²) in [6.07, 6.45) is 0.918. The molecule has 0 fully saturated rings. The molecule has 3 nitrogen and oxygen atoms in total. The Kier molecular flexibility index (Phi) is 3.69. The third-order valence-corrected chi connectivity index (χ3v) is 2.59. The molecule has 0 saturated heterocycles. The van der Waals surface area contributed by atoms with Gasteiger partial charge in [-0.3, -0.25) is 0 Å². The van der Waals surface area contributed by atoms with Crippen LogP contribution < -0.4 is 0 Å². The van der Waals surface area contributed by atoms with Crippen molar-refractivity contribution in [1.82, 2.24) is 9.97 Å². The molecule has 0 aliphatic carbocycles. The molecule has 80 valence electrons. The number of H-pyrrole nitrogens is 1. The molecule has 1 heterocycles. The summed E-state index contributed by atoms with van der Waals surface area (Å²) in [4.78, 5) is 7.79. The van der Waals surface area contributed by atoms with Crippen LogP contribution in [0.15, 0.2) is 0 Å². The van der Waals surface area contributed by atoms with Crippen LogP contribution in [-0.4, -0.2) is 21.7 Å². The highest BCUT2D eigenvalue weighted by molar-refractivity contribution is 5.18. The van der Waals surface area contributed by atoms with Gasteiger partial charge in [0.25, 0.3) is 0 Å². The Labute approximate surface area is 85.6 Å². The van der Waals surface area contributed by atoms with Gasteiger partial charge in [0, 0.05) is 11.6 Å². The highest BCUT2D eigenvalue weighted by atomic mass is 16.3. The van der Waals surface area contributed by atoms with Crippen LogP contribution in [0.1, 0.15) is 56.2 Å². The molecule has 1 aromatic heterocycles. The van der Waals surface area contributed by atoms with Crippen molar-refractivity contribution < 1.29 is 5.11 Å². The number of imidazole rings is 1. The molecule has 1 rings (SSSR count). The Bertz CT molecular complexity index is 287. The van der Waals surface area contributed by atoms with Gasteiger partial charge in [0.2, 0.25) is 0 Å². The summed E-state index contributed by atoms with van der Waals surface area (Å²) in [5.74, 6) is 1.52. The molecule has 0 bridgehead atoms. The fourth-order valence-corrected chi connectivity index (χ4v) is 1.66. The first-order chi connectivity index (χ1) is 6.60. The molecule has 0 aliphatic rings. The van der Waals surface area contributed by atoms with Gasteiger partial charge in [0.05, 0.1) is 12.3 Å². The largest absolute Gasteiger partial charge is 0.396 e. The topological polar surface area (TPSA) is 48.9 Å². The van der Waals surface area contributed by atoms with Crippen LogP contribution in [-0.2, 0) is 0 Å². The molecule has 0 amide bonds. The standard InChI is InChI=1S/C11H20N2O/c1-5-9(6-14)11-12-8(4)10(13-11)7(2)3/h7,9,14H,5-6H2,1-4H3,(H,12,13). The van der Waals surface area contributed by atoms with Crippen molar-refractivity contribution in [3.8, 4) is 0 Å². The Hall–Kier alpha value is -0.830. The average molecular weight is 196 g/mol. The molecule has 0 spiro atoms. The molecule has 3 heteroatoms. The quantitative estimate of drug-likeness (QED) is 0.776. The van der Waals surface area contributed by atoms with Crippen molar-refractivity contribution in [3.05, 3.63) is 17.2 Å². The van der Waals surface area contributed by atoms with Crippen LogP contribution in [0.3, 0.4) is 0 Å². The maximum Gasteiger partial charge on any atom is 0.112 e. The molecular weight excluding hydrogens is 176 g/mol. The van der Waals surface area contributed by atoms with Gasteiger partial charge in [0.1, 0.15) is 5.82 Å². The van der Waals surface area contributed by atoms with Crippen molar-refractivity contribution in [3.63, 3.8) is 0 Å². The smallest absolute Gasteiger partial charge is 0.112 e. The summed E-state index contributed by atoms with van der Waals surface area (Å²) in [6.45, 7) is 8.53. The summed E-state index contributed by atoms with van der Waals surface area (Å²) < 4.78 is 0. The summed E-state index contributed by atoms with van der Waals surface area (Å²) >= 11 is 0. The van der Waals surface area contributed by atoms with Crippen molar-refractivity contribution in [2.75, 3.05) is 6.61 Å². The minimum atomic E-state index is 0.154. The lowest BCUT2D eigenvalue weighted by atomic mass is 10.1. The number of nitrogens with one attached hydrogen (secondary N) is 1. The minimum absolute atomic E-state index is 0.154. The summed E-state index contributed by atoms with van der Waals surface area (Å²) in [6, 6.07) is 0. The SMILES string of the molecule is CCC(CO)c1nc(C(C)C)c(C)[nH]1. The van der Waals surface area contributed by atoms with Gasteiger partial charge < -0.3 is 10.1 Å². The van der Waals surface area contributed by atoms with Gasteiger partial charge in [-0.1, -0.05) is 20.8 Å². The lowest BCUT2D eigenvalue weighted by Crippen LogP contribution is -2.04. The second kappa shape index (κ2) is 4.60. The van der Waals surface area contributed by atoms with E-state index >= 15 is 0 Å². The Morgan fingerprint density at radius 3 is 2.43 bits per heavy atom. The first kappa shape index (κ1) is 11.2. The van der Waals surface area contributed by atoms with Crippen molar-refractivity contribution >= 4 is 0 Å². The maximum absolute atomic E-state index is 9.16. The van der Waals surface area contributed by atoms with Gasteiger partial charge >= 0.3 is 0 Å². The first-order valence-electron chi connectivity index (χ1n) is 5.27. The zero-order valence-electron chi connectivity index (χ0n) is 9.46. The molecule has 1 aromatic rings. The molecule has 2 N–H and O–H groups in total. The number of hydrogen-bond acceptors (Lipinski definition) is 2. The Morgan fingerprint density at radius 1 is 1.43 bits per heavy atom.